The molecule has 0 aliphatic rings. The molecule has 106 valence electrons. The van der Waals surface area contributed by atoms with E-state index in [9.17, 15) is 0 Å². The maximum absolute atomic E-state index is 2.28. The summed E-state index contributed by atoms with van der Waals surface area (Å²) in [5, 5.41) is 0. The Hall–Kier alpha value is -0.0400. The van der Waals surface area contributed by atoms with E-state index in [-0.39, 0.29) is 0 Å². The molecule has 0 aromatic heterocycles. The van der Waals surface area contributed by atoms with Gasteiger partial charge in [-0.15, -0.1) is 0 Å². The first-order valence-electron chi connectivity index (χ1n) is 7.83. The van der Waals surface area contributed by atoms with Gasteiger partial charge in [-0.25, -0.2) is 0 Å². The summed E-state index contributed by atoms with van der Waals surface area (Å²) in [5.74, 6) is 0. The Morgan fingerprint density at radius 1 is 0.529 bits per heavy atom. The van der Waals surface area contributed by atoms with Gasteiger partial charge in [0.05, 0.1) is 0 Å². The maximum Gasteiger partial charge on any atom is -0.00533 e. The van der Waals surface area contributed by atoms with Crippen LogP contribution in [0.15, 0.2) is 0 Å². The van der Waals surface area contributed by atoms with Gasteiger partial charge in [0.15, 0.2) is 0 Å². The number of hydrogen-bond donors (Lipinski definition) is 0. The van der Waals surface area contributed by atoms with Crippen LogP contribution in [0.25, 0.3) is 0 Å². The summed E-state index contributed by atoms with van der Waals surface area (Å²) >= 11 is 0. The summed E-state index contributed by atoms with van der Waals surface area (Å²) < 4.78 is 0. The largest absolute Gasteiger partial charge is 0.310 e. The van der Waals surface area contributed by atoms with Crippen molar-refractivity contribution in [3.8, 4) is 0 Å². The molecule has 0 spiro atoms. The van der Waals surface area contributed by atoms with E-state index in [0.29, 0.717) is 0 Å². The maximum atomic E-state index is 2.28. The average molecular weight is 243 g/mol. The van der Waals surface area contributed by atoms with E-state index in [1.807, 2.05) is 0 Å². The Labute approximate surface area is 111 Å². The molecule has 0 atom stereocenters. The highest BCUT2D eigenvalue weighted by Gasteiger charge is 1.90. The molecule has 0 amide bonds. The molecule has 0 radical (unpaired) electrons. The van der Waals surface area contributed by atoms with Crippen molar-refractivity contribution in [2.45, 2.75) is 85.0 Å². The molecule has 0 aliphatic carbocycles. The molecule has 0 unspecified atom stereocenters. The second kappa shape index (κ2) is 18.3. The first-order chi connectivity index (χ1) is 8.18. The van der Waals surface area contributed by atoms with E-state index < -0.39 is 0 Å². The van der Waals surface area contributed by atoms with Crippen LogP contribution in [0.5, 0.6) is 0 Å². The van der Waals surface area contributed by atoms with Crippen molar-refractivity contribution < 1.29 is 0 Å². The Bertz CT molecular complexity index is 100. The van der Waals surface area contributed by atoms with Gasteiger partial charge in [-0.3, -0.25) is 0 Å². The first-order valence-corrected chi connectivity index (χ1v) is 7.83. The van der Waals surface area contributed by atoms with Crippen LogP contribution in [-0.2, 0) is 0 Å². The zero-order valence-electron chi connectivity index (χ0n) is 13.2. The van der Waals surface area contributed by atoms with E-state index >= 15 is 0 Å². The Balaban J connectivity index is 0. The average Bonchev–Trinajstić information content (AvgIpc) is 2.33. The van der Waals surface area contributed by atoms with Gasteiger partial charge >= 0.3 is 0 Å². The molecular formula is C16H37N. The van der Waals surface area contributed by atoms with Crippen LogP contribution >= 0.6 is 0 Å². The van der Waals surface area contributed by atoms with E-state index in [1.54, 1.807) is 0 Å². The third-order valence-electron chi connectivity index (χ3n) is 3.09. The third-order valence-corrected chi connectivity index (χ3v) is 3.09. The highest BCUT2D eigenvalue weighted by atomic mass is 15.0. The van der Waals surface area contributed by atoms with E-state index in [0.717, 1.165) is 6.54 Å². The third kappa shape index (κ3) is 25.9. The van der Waals surface area contributed by atoms with Crippen molar-refractivity contribution in [3.63, 3.8) is 0 Å². The number of unbranched alkanes of at least 4 members (excludes halogenated alkanes) is 9. The minimum Gasteiger partial charge on any atom is -0.310 e. The fraction of sp³-hybridized carbons (Fsp3) is 1.00. The normalized spacial score (nSPS) is 10.2. The predicted octanol–water partition coefficient (Wildman–Crippen LogP) is 5.50. The van der Waals surface area contributed by atoms with Gasteiger partial charge in [0.2, 0.25) is 0 Å². The van der Waals surface area contributed by atoms with Gasteiger partial charge in [0.25, 0.3) is 0 Å². The molecule has 0 aromatic carbocycles. The molecule has 1 nitrogen and oxygen atoms in total. The van der Waals surface area contributed by atoms with Crippen LogP contribution in [-0.4, -0.2) is 25.5 Å². The highest BCUT2D eigenvalue weighted by molar-refractivity contribution is 4.45. The number of rotatable bonds is 10. The Morgan fingerprint density at radius 3 is 0.941 bits per heavy atom. The quantitative estimate of drug-likeness (QED) is 0.458. The van der Waals surface area contributed by atoms with Gasteiger partial charge in [0.1, 0.15) is 0 Å². The lowest BCUT2D eigenvalue weighted by atomic mass is 10.1. The number of hydrogen-bond acceptors (Lipinski definition) is 1. The minimum atomic E-state index is 1.14. The summed E-state index contributed by atoms with van der Waals surface area (Å²) in [7, 11) is 4.11. The molecule has 0 saturated heterocycles. The first kappa shape index (κ1) is 19.3. The summed E-state index contributed by atoms with van der Waals surface area (Å²) in [6.07, 6.45) is 14.4. The standard InChI is InChI=1S/C12H26.C4H11N/c1-3-5-7-9-11-12-10-8-6-4-2;1-4-5(2)3/h3-12H2,1-2H3;4H2,1-3H3. The van der Waals surface area contributed by atoms with Crippen molar-refractivity contribution in [1.29, 1.82) is 0 Å². The fourth-order valence-electron chi connectivity index (χ4n) is 1.56. The van der Waals surface area contributed by atoms with Gasteiger partial charge in [-0.05, 0) is 20.6 Å². The van der Waals surface area contributed by atoms with Gasteiger partial charge in [-0.2, -0.15) is 0 Å². The minimum absolute atomic E-state index is 1.14. The van der Waals surface area contributed by atoms with E-state index in [2.05, 4.69) is 39.8 Å². The molecule has 0 bridgehead atoms. The van der Waals surface area contributed by atoms with Crippen molar-refractivity contribution in [2.75, 3.05) is 20.6 Å². The van der Waals surface area contributed by atoms with Gasteiger partial charge in [0, 0.05) is 0 Å². The zero-order valence-corrected chi connectivity index (χ0v) is 13.2. The van der Waals surface area contributed by atoms with E-state index in [4.69, 9.17) is 0 Å². The molecule has 0 fully saturated rings. The SMILES string of the molecule is CCCCCCCCCCCC.CCN(C)C. The predicted molar refractivity (Wildman–Crippen MR) is 81.7 cm³/mol. The fourth-order valence-corrected chi connectivity index (χ4v) is 1.56. The van der Waals surface area contributed by atoms with Crippen LogP contribution < -0.4 is 0 Å². The second-order valence-electron chi connectivity index (χ2n) is 5.22. The molecule has 0 N–H and O–H groups in total. The van der Waals surface area contributed by atoms with Crippen molar-refractivity contribution in [2.24, 2.45) is 0 Å². The Kier molecular flexibility index (Phi) is 20.8. The lowest BCUT2D eigenvalue weighted by molar-refractivity contribution is 0.434. The van der Waals surface area contributed by atoms with Crippen LogP contribution in [0.2, 0.25) is 0 Å². The Morgan fingerprint density at radius 2 is 0.765 bits per heavy atom. The van der Waals surface area contributed by atoms with Crippen molar-refractivity contribution in [3.05, 3.63) is 0 Å². The summed E-state index contributed by atoms with van der Waals surface area (Å²) in [6.45, 7) is 7.82. The molecule has 17 heavy (non-hydrogen) atoms. The van der Waals surface area contributed by atoms with Gasteiger partial charge in [-0.1, -0.05) is 85.0 Å². The number of nitrogens with zero attached hydrogens (tertiary/aromatic N) is 1. The second-order valence-corrected chi connectivity index (χ2v) is 5.22. The molecule has 0 aromatic rings. The zero-order chi connectivity index (χ0) is 13.4. The molecule has 0 rings (SSSR count). The smallest absolute Gasteiger partial charge is 0.00533 e. The van der Waals surface area contributed by atoms with Crippen LogP contribution in [0, 0.1) is 0 Å². The molecule has 0 saturated carbocycles. The molecule has 0 heterocycles. The van der Waals surface area contributed by atoms with Crippen molar-refractivity contribution >= 4 is 0 Å². The lowest BCUT2D eigenvalue weighted by Crippen LogP contribution is -2.08. The molecular weight excluding hydrogens is 206 g/mol. The molecule has 0 aliphatic heterocycles. The summed E-state index contributed by atoms with van der Waals surface area (Å²) in [6, 6.07) is 0. The van der Waals surface area contributed by atoms with Gasteiger partial charge < -0.3 is 4.90 Å². The monoisotopic (exact) mass is 243 g/mol. The van der Waals surface area contributed by atoms with Crippen LogP contribution in [0.4, 0.5) is 0 Å². The summed E-state index contributed by atoms with van der Waals surface area (Å²) in [5.41, 5.74) is 0. The molecule has 1 heteroatoms. The van der Waals surface area contributed by atoms with Crippen LogP contribution in [0.3, 0.4) is 0 Å². The highest BCUT2D eigenvalue weighted by Crippen LogP contribution is 2.09. The van der Waals surface area contributed by atoms with Crippen LogP contribution in [0.1, 0.15) is 85.0 Å². The summed E-state index contributed by atoms with van der Waals surface area (Å²) in [4.78, 5) is 2.12. The lowest BCUT2D eigenvalue weighted by Gasteiger charge is -2.00. The van der Waals surface area contributed by atoms with E-state index in [1.165, 1.54) is 64.2 Å². The van der Waals surface area contributed by atoms with Crippen molar-refractivity contribution in [1.82, 2.24) is 4.90 Å². The topological polar surface area (TPSA) is 3.24 Å².